The van der Waals surface area contributed by atoms with Crippen molar-refractivity contribution in [2.75, 3.05) is 25.1 Å². The first-order valence-electron chi connectivity index (χ1n) is 10.1. The molecule has 1 unspecified atom stereocenters. The summed E-state index contributed by atoms with van der Waals surface area (Å²) in [6, 6.07) is 4.11. The number of benzene rings is 1. The normalized spacial score (nSPS) is 20.1. The quantitative estimate of drug-likeness (QED) is 0.685. The molecule has 1 aromatic carbocycles. The van der Waals surface area contributed by atoms with Crippen LogP contribution in [-0.4, -0.2) is 34.7 Å². The fraction of sp³-hybridized carbons (Fsp3) is 0.524. The van der Waals surface area contributed by atoms with Crippen molar-refractivity contribution in [2.45, 2.75) is 44.7 Å². The molecule has 1 aliphatic carbocycles. The fourth-order valence-electron chi connectivity index (χ4n) is 4.60. The van der Waals surface area contributed by atoms with E-state index in [9.17, 15) is 9.59 Å². The summed E-state index contributed by atoms with van der Waals surface area (Å²) in [5.74, 6) is 1.11. The minimum absolute atomic E-state index is 0.221. The Kier molecular flexibility index (Phi) is 4.08. The summed E-state index contributed by atoms with van der Waals surface area (Å²) in [5.41, 5.74) is 7.39. The number of pyridine rings is 1. The van der Waals surface area contributed by atoms with E-state index in [-0.39, 0.29) is 21.9 Å². The molecule has 0 amide bonds. The number of rotatable bonds is 4. The highest BCUT2D eigenvalue weighted by Crippen LogP contribution is 2.45. The average Bonchev–Trinajstić information content (AvgIpc) is 3.23. The Bertz CT molecular complexity index is 1230. The highest BCUT2D eigenvalue weighted by Gasteiger charge is 2.35. The predicted octanol–water partition coefficient (Wildman–Crippen LogP) is 2.81. The molecule has 2 fully saturated rings. The Morgan fingerprint density at radius 3 is 2.62 bits per heavy atom. The molecule has 3 heterocycles. The molecule has 7 nitrogen and oxygen atoms in total. The van der Waals surface area contributed by atoms with Gasteiger partial charge in [0.15, 0.2) is 5.75 Å². The van der Waals surface area contributed by atoms with E-state index in [1.807, 2.05) is 12.1 Å². The van der Waals surface area contributed by atoms with E-state index in [2.05, 4.69) is 27.7 Å². The van der Waals surface area contributed by atoms with Gasteiger partial charge in [-0.25, -0.2) is 0 Å². The number of anilines is 1. The molecule has 1 saturated carbocycles. The van der Waals surface area contributed by atoms with Crippen molar-refractivity contribution in [2.24, 2.45) is 11.7 Å². The molecule has 3 N–H and O–H groups in total. The molecule has 3 aromatic rings. The molecule has 8 heteroatoms. The molecule has 0 spiro atoms. The molecule has 2 aliphatic rings. The number of aromatic nitrogens is 2. The van der Waals surface area contributed by atoms with Gasteiger partial charge in [0.1, 0.15) is 10.2 Å². The Morgan fingerprint density at radius 1 is 1.24 bits per heavy atom. The zero-order chi connectivity index (χ0) is 20.5. The number of nitrogens with one attached hydrogen (secondary N) is 1. The van der Waals surface area contributed by atoms with E-state index in [0.717, 1.165) is 43.6 Å². The minimum atomic E-state index is -0.304. The minimum Gasteiger partial charge on any atom is -0.492 e. The van der Waals surface area contributed by atoms with Crippen LogP contribution in [0, 0.1) is 5.92 Å². The first-order valence-corrected chi connectivity index (χ1v) is 10.9. The van der Waals surface area contributed by atoms with Gasteiger partial charge in [0, 0.05) is 24.7 Å². The zero-order valence-electron chi connectivity index (χ0n) is 16.9. The highest BCUT2D eigenvalue weighted by molar-refractivity contribution is 7.12. The zero-order valence-corrected chi connectivity index (χ0v) is 17.8. The van der Waals surface area contributed by atoms with Crippen molar-refractivity contribution in [3.63, 3.8) is 0 Å². The van der Waals surface area contributed by atoms with Crippen LogP contribution in [0.1, 0.15) is 39.2 Å². The lowest BCUT2D eigenvalue weighted by atomic mass is 9.88. The van der Waals surface area contributed by atoms with E-state index in [1.54, 1.807) is 7.11 Å². The second-order valence-corrected chi connectivity index (χ2v) is 9.71. The second-order valence-electron chi connectivity index (χ2n) is 8.91. The number of hydrogen-bond acceptors (Lipinski definition) is 6. The summed E-state index contributed by atoms with van der Waals surface area (Å²) in [6.07, 6.45) is 3.11. The van der Waals surface area contributed by atoms with Crippen LogP contribution in [0.4, 0.5) is 5.69 Å². The molecule has 1 aliphatic heterocycles. The number of ether oxygens (including phenoxy) is 1. The van der Waals surface area contributed by atoms with Gasteiger partial charge in [-0.3, -0.25) is 14.0 Å². The van der Waals surface area contributed by atoms with E-state index < -0.39 is 0 Å². The van der Waals surface area contributed by atoms with E-state index in [4.69, 9.17) is 10.5 Å². The number of H-pyrrole nitrogens is 1. The summed E-state index contributed by atoms with van der Waals surface area (Å²) in [7, 11) is 1.66. The average molecular weight is 415 g/mol. The molecule has 1 atom stereocenters. The van der Waals surface area contributed by atoms with Gasteiger partial charge in [-0.1, -0.05) is 0 Å². The predicted molar refractivity (Wildman–Crippen MR) is 118 cm³/mol. The number of nitrogens with two attached hydrogens (primary N) is 1. The van der Waals surface area contributed by atoms with Gasteiger partial charge >= 0.3 is 0 Å². The van der Waals surface area contributed by atoms with Gasteiger partial charge in [0.05, 0.1) is 23.7 Å². The summed E-state index contributed by atoms with van der Waals surface area (Å²) >= 11 is 1.24. The Labute approximate surface area is 172 Å². The van der Waals surface area contributed by atoms with Crippen molar-refractivity contribution in [3.8, 4) is 5.75 Å². The molecule has 5 rings (SSSR count). The van der Waals surface area contributed by atoms with Crippen LogP contribution in [0.15, 0.2) is 21.7 Å². The van der Waals surface area contributed by atoms with Crippen LogP contribution in [0.2, 0.25) is 0 Å². The topological polar surface area (TPSA) is 93.3 Å². The molecular weight excluding hydrogens is 388 g/mol. The summed E-state index contributed by atoms with van der Waals surface area (Å²) in [4.78, 5) is 28.5. The van der Waals surface area contributed by atoms with Crippen molar-refractivity contribution in [3.05, 3.63) is 32.7 Å². The Balaban J connectivity index is 1.77. The number of fused-ring (bicyclic) bond motifs is 2. The second kappa shape index (κ2) is 6.34. The molecule has 0 bridgehead atoms. The van der Waals surface area contributed by atoms with Crippen molar-refractivity contribution >= 4 is 38.3 Å². The van der Waals surface area contributed by atoms with Crippen molar-refractivity contribution in [1.29, 1.82) is 0 Å². The fourth-order valence-corrected chi connectivity index (χ4v) is 5.52. The van der Waals surface area contributed by atoms with E-state index in [1.165, 1.54) is 11.5 Å². The van der Waals surface area contributed by atoms with Crippen LogP contribution < -0.4 is 26.4 Å². The first-order chi connectivity index (χ1) is 13.8. The third-order valence-corrected chi connectivity index (χ3v) is 7.30. The molecule has 29 heavy (non-hydrogen) atoms. The lowest BCUT2D eigenvalue weighted by Gasteiger charge is -2.28. The number of hydrogen-bond donors (Lipinski definition) is 2. The van der Waals surface area contributed by atoms with Crippen LogP contribution in [0.5, 0.6) is 5.75 Å². The molecule has 2 aromatic heterocycles. The summed E-state index contributed by atoms with van der Waals surface area (Å²) in [6.45, 7) is 5.92. The van der Waals surface area contributed by atoms with E-state index in [0.29, 0.717) is 27.9 Å². The maximum Gasteiger partial charge on any atom is 0.271 e. The molecule has 154 valence electrons. The Morgan fingerprint density at radius 2 is 2.00 bits per heavy atom. The third kappa shape index (κ3) is 2.80. The van der Waals surface area contributed by atoms with Crippen LogP contribution in [0.25, 0.3) is 21.1 Å². The third-order valence-electron chi connectivity index (χ3n) is 6.42. The SMILES string of the molecule is COc1c(N2CCC(C(C)(C)N)C2)ccc2c(=O)c3c(=O)[nH]sc3n(C3CC3)c12. The van der Waals surface area contributed by atoms with Gasteiger partial charge in [0.25, 0.3) is 5.56 Å². The Hall–Kier alpha value is -2.32. The van der Waals surface area contributed by atoms with Gasteiger partial charge in [-0.2, -0.15) is 0 Å². The first kappa shape index (κ1) is 18.7. The van der Waals surface area contributed by atoms with Crippen LogP contribution in [-0.2, 0) is 0 Å². The van der Waals surface area contributed by atoms with Gasteiger partial charge in [0.2, 0.25) is 5.43 Å². The van der Waals surface area contributed by atoms with Crippen molar-refractivity contribution < 1.29 is 4.74 Å². The van der Waals surface area contributed by atoms with Crippen molar-refractivity contribution in [1.82, 2.24) is 8.94 Å². The van der Waals surface area contributed by atoms with Gasteiger partial charge in [-0.15, -0.1) is 0 Å². The standard InChI is InChI=1S/C21H26N4O3S/c1-21(2,22)11-8-9-24(10-11)14-7-6-13-16(18(14)28-3)25(12-4-5-12)20-15(17(13)26)19(27)23-29-20/h6-7,11-12H,4-5,8-10,22H2,1-3H3,(H,23,27). The van der Waals surface area contributed by atoms with Gasteiger partial charge in [-0.05, 0) is 62.7 Å². The molecule has 0 radical (unpaired) electrons. The number of nitrogens with zero attached hydrogens (tertiary/aromatic N) is 2. The lowest BCUT2D eigenvalue weighted by Crippen LogP contribution is -2.42. The van der Waals surface area contributed by atoms with Crippen LogP contribution in [0.3, 0.4) is 0 Å². The number of methoxy groups -OCH3 is 1. The summed E-state index contributed by atoms with van der Waals surface area (Å²) < 4.78 is 10.8. The van der Waals surface area contributed by atoms with E-state index >= 15 is 0 Å². The number of aromatic amines is 1. The largest absolute Gasteiger partial charge is 0.492 e. The summed E-state index contributed by atoms with van der Waals surface area (Å²) in [5, 5.41) is 0.805. The smallest absolute Gasteiger partial charge is 0.271 e. The lowest BCUT2D eigenvalue weighted by molar-refractivity contribution is 0.348. The monoisotopic (exact) mass is 414 g/mol. The molecular formula is C21H26N4O3S. The maximum absolute atomic E-state index is 13.1. The maximum atomic E-state index is 13.1. The highest BCUT2D eigenvalue weighted by atomic mass is 32.1. The van der Waals surface area contributed by atoms with Crippen LogP contribution >= 0.6 is 11.5 Å². The molecule has 1 saturated heterocycles. The van der Waals surface area contributed by atoms with Gasteiger partial charge < -0.3 is 19.9 Å².